The molecule has 0 aliphatic carbocycles. The number of carboxylic acids is 1. The van der Waals surface area contributed by atoms with Gasteiger partial charge >= 0.3 is 5.97 Å². The highest BCUT2D eigenvalue weighted by Crippen LogP contribution is 2.35. The number of amidine groups is 1. The minimum atomic E-state index is -1.04. The Labute approximate surface area is 173 Å². The highest BCUT2D eigenvalue weighted by molar-refractivity contribution is 8.18. The van der Waals surface area contributed by atoms with Crippen molar-refractivity contribution in [1.29, 1.82) is 0 Å². The number of aryl methyl sites for hydroxylation is 1. The number of benzene rings is 2. The fourth-order valence-corrected chi connectivity index (χ4v) is 3.86. The molecule has 29 heavy (non-hydrogen) atoms. The van der Waals surface area contributed by atoms with Crippen LogP contribution in [0.3, 0.4) is 0 Å². The third-order valence-corrected chi connectivity index (χ3v) is 5.11. The van der Waals surface area contributed by atoms with E-state index in [0.717, 1.165) is 16.8 Å². The second kappa shape index (κ2) is 8.96. The van der Waals surface area contributed by atoms with E-state index < -0.39 is 12.6 Å². The SMILES string of the molecule is Cc1ccc(N=C2S/C(=C/c3cccc(OCC(=O)O)c3)C(=O)N2C(C)C)cc1. The van der Waals surface area contributed by atoms with Crippen LogP contribution in [0.1, 0.15) is 25.0 Å². The molecule has 1 fully saturated rings. The molecule has 2 aromatic rings. The summed E-state index contributed by atoms with van der Waals surface area (Å²) in [6, 6.07) is 14.8. The first-order chi connectivity index (χ1) is 13.8. The molecule has 2 aromatic carbocycles. The van der Waals surface area contributed by atoms with Crippen LogP contribution in [0.5, 0.6) is 5.75 Å². The highest BCUT2D eigenvalue weighted by atomic mass is 32.2. The largest absolute Gasteiger partial charge is 0.482 e. The van der Waals surface area contributed by atoms with Gasteiger partial charge in [-0.15, -0.1) is 0 Å². The van der Waals surface area contributed by atoms with Crippen LogP contribution in [0.15, 0.2) is 58.4 Å². The van der Waals surface area contributed by atoms with Crippen LogP contribution in [0.4, 0.5) is 5.69 Å². The summed E-state index contributed by atoms with van der Waals surface area (Å²) in [7, 11) is 0. The number of rotatable bonds is 6. The molecule has 0 aromatic heterocycles. The third kappa shape index (κ3) is 5.26. The van der Waals surface area contributed by atoms with E-state index in [1.807, 2.05) is 51.1 Å². The first-order valence-corrected chi connectivity index (χ1v) is 9.98. The summed E-state index contributed by atoms with van der Waals surface area (Å²) in [5.74, 6) is -0.709. The van der Waals surface area contributed by atoms with Gasteiger partial charge in [-0.1, -0.05) is 29.8 Å². The molecule has 1 aliphatic rings. The van der Waals surface area contributed by atoms with Crippen molar-refractivity contribution in [2.75, 3.05) is 6.61 Å². The van der Waals surface area contributed by atoms with Crippen LogP contribution in [0, 0.1) is 6.92 Å². The first kappa shape index (κ1) is 20.7. The van der Waals surface area contributed by atoms with E-state index in [9.17, 15) is 9.59 Å². The lowest BCUT2D eigenvalue weighted by molar-refractivity contribution is -0.139. The van der Waals surface area contributed by atoms with Gasteiger partial charge in [0.2, 0.25) is 0 Å². The maximum atomic E-state index is 13.0. The van der Waals surface area contributed by atoms with Crippen molar-refractivity contribution in [3.8, 4) is 5.75 Å². The summed E-state index contributed by atoms with van der Waals surface area (Å²) < 4.78 is 5.21. The normalized spacial score (nSPS) is 16.8. The Kier molecular flexibility index (Phi) is 6.39. The van der Waals surface area contributed by atoms with Crippen LogP contribution in [-0.2, 0) is 9.59 Å². The molecule has 0 saturated carbocycles. The molecule has 7 heteroatoms. The van der Waals surface area contributed by atoms with Gasteiger partial charge in [0.25, 0.3) is 5.91 Å². The van der Waals surface area contributed by atoms with Crippen molar-refractivity contribution in [1.82, 2.24) is 4.90 Å². The number of thioether (sulfide) groups is 1. The van der Waals surface area contributed by atoms with Gasteiger partial charge in [-0.3, -0.25) is 9.69 Å². The molecule has 150 valence electrons. The fourth-order valence-electron chi connectivity index (χ4n) is 2.74. The molecule has 0 bridgehead atoms. The van der Waals surface area contributed by atoms with Crippen LogP contribution in [0.2, 0.25) is 0 Å². The van der Waals surface area contributed by atoms with Crippen molar-refractivity contribution in [2.24, 2.45) is 4.99 Å². The molecule has 0 unspecified atom stereocenters. The molecule has 1 heterocycles. The predicted molar refractivity (Wildman–Crippen MR) is 115 cm³/mol. The van der Waals surface area contributed by atoms with Crippen molar-refractivity contribution in [2.45, 2.75) is 26.8 Å². The number of carbonyl (C=O) groups is 2. The Balaban J connectivity index is 1.88. The summed E-state index contributed by atoms with van der Waals surface area (Å²) in [4.78, 5) is 30.5. The highest BCUT2D eigenvalue weighted by Gasteiger charge is 2.35. The zero-order valence-corrected chi connectivity index (χ0v) is 17.3. The smallest absolute Gasteiger partial charge is 0.341 e. The second-order valence-corrected chi connectivity index (χ2v) is 7.87. The molecule has 0 atom stereocenters. The molecular weight excluding hydrogens is 388 g/mol. The standard InChI is InChI=1S/C22H22N2O4S/c1-14(2)24-21(27)19(29-22(24)23-17-9-7-15(3)8-10-17)12-16-5-4-6-18(11-16)28-13-20(25)26/h4-12,14H,13H2,1-3H3,(H,25,26)/b19-12+,23-22?. The van der Waals surface area contributed by atoms with E-state index in [1.165, 1.54) is 11.8 Å². The number of aliphatic carboxylic acids is 1. The zero-order chi connectivity index (χ0) is 21.0. The van der Waals surface area contributed by atoms with Gasteiger partial charge in [0.1, 0.15) is 5.75 Å². The number of carbonyl (C=O) groups excluding carboxylic acids is 1. The van der Waals surface area contributed by atoms with Gasteiger partial charge in [0.15, 0.2) is 11.8 Å². The zero-order valence-electron chi connectivity index (χ0n) is 16.5. The van der Waals surface area contributed by atoms with Crippen LogP contribution < -0.4 is 4.74 Å². The van der Waals surface area contributed by atoms with Crippen molar-refractivity contribution < 1.29 is 19.4 Å². The quantitative estimate of drug-likeness (QED) is 0.711. The van der Waals surface area contributed by atoms with Crippen LogP contribution >= 0.6 is 11.8 Å². The Hall–Kier alpha value is -3.06. The maximum Gasteiger partial charge on any atom is 0.341 e. The van der Waals surface area contributed by atoms with Gasteiger partial charge in [0, 0.05) is 6.04 Å². The summed E-state index contributed by atoms with van der Waals surface area (Å²) in [6.07, 6.45) is 1.77. The number of nitrogens with zero attached hydrogens (tertiary/aromatic N) is 2. The Morgan fingerprint density at radius 2 is 1.97 bits per heavy atom. The van der Waals surface area contributed by atoms with E-state index in [1.54, 1.807) is 29.2 Å². The van der Waals surface area contributed by atoms with E-state index in [0.29, 0.717) is 15.8 Å². The summed E-state index contributed by atoms with van der Waals surface area (Å²) in [6.45, 7) is 5.50. The van der Waals surface area contributed by atoms with Gasteiger partial charge in [-0.05, 0) is 68.4 Å². The average Bonchev–Trinajstić information content (AvgIpc) is 2.97. The lowest BCUT2D eigenvalue weighted by atomic mass is 10.2. The topological polar surface area (TPSA) is 79.2 Å². The van der Waals surface area contributed by atoms with E-state index in [-0.39, 0.29) is 11.9 Å². The predicted octanol–water partition coefficient (Wildman–Crippen LogP) is 4.47. The summed E-state index contributed by atoms with van der Waals surface area (Å²) in [5, 5.41) is 9.39. The van der Waals surface area contributed by atoms with E-state index in [2.05, 4.69) is 4.99 Å². The van der Waals surface area contributed by atoms with E-state index in [4.69, 9.17) is 9.84 Å². The minimum Gasteiger partial charge on any atom is -0.482 e. The molecule has 1 aliphatic heterocycles. The van der Waals surface area contributed by atoms with Crippen molar-refractivity contribution >= 4 is 40.6 Å². The van der Waals surface area contributed by atoms with Gasteiger partial charge < -0.3 is 9.84 Å². The van der Waals surface area contributed by atoms with Gasteiger partial charge in [0.05, 0.1) is 10.6 Å². The molecule has 6 nitrogen and oxygen atoms in total. The number of aliphatic imine (C=N–C) groups is 1. The monoisotopic (exact) mass is 410 g/mol. The molecule has 1 N–H and O–H groups in total. The second-order valence-electron chi connectivity index (χ2n) is 6.86. The Morgan fingerprint density at radius 1 is 1.24 bits per heavy atom. The van der Waals surface area contributed by atoms with Gasteiger partial charge in [-0.25, -0.2) is 9.79 Å². The number of amides is 1. The van der Waals surface area contributed by atoms with Crippen molar-refractivity contribution in [3.05, 3.63) is 64.6 Å². The number of carboxylic acid groups (broad SMARTS) is 1. The Morgan fingerprint density at radius 3 is 2.62 bits per heavy atom. The lowest BCUT2D eigenvalue weighted by Crippen LogP contribution is -2.35. The van der Waals surface area contributed by atoms with E-state index >= 15 is 0 Å². The molecule has 1 amide bonds. The number of hydrogen-bond acceptors (Lipinski definition) is 5. The van der Waals surface area contributed by atoms with Crippen LogP contribution in [-0.4, -0.2) is 39.7 Å². The molecule has 0 spiro atoms. The summed E-state index contributed by atoms with van der Waals surface area (Å²) >= 11 is 1.33. The first-order valence-electron chi connectivity index (χ1n) is 9.16. The number of ether oxygens (including phenoxy) is 1. The number of hydrogen-bond donors (Lipinski definition) is 1. The average molecular weight is 410 g/mol. The molecule has 0 radical (unpaired) electrons. The van der Waals surface area contributed by atoms with Crippen LogP contribution in [0.25, 0.3) is 6.08 Å². The molecular formula is C22H22N2O4S. The lowest BCUT2D eigenvalue weighted by Gasteiger charge is -2.19. The maximum absolute atomic E-state index is 13.0. The van der Waals surface area contributed by atoms with Gasteiger partial charge in [-0.2, -0.15) is 0 Å². The van der Waals surface area contributed by atoms with Crippen molar-refractivity contribution in [3.63, 3.8) is 0 Å². The Bertz CT molecular complexity index is 981. The fraction of sp³-hybridized carbons (Fsp3) is 0.227. The minimum absolute atomic E-state index is 0.0321. The summed E-state index contributed by atoms with van der Waals surface area (Å²) in [5.41, 5.74) is 2.70. The third-order valence-electron chi connectivity index (χ3n) is 4.13. The molecule has 1 saturated heterocycles. The molecule has 3 rings (SSSR count).